The standard InChI is InChI=1S/C14H22N2O/c15-10-13-9-14(7-8-16-13)17-11-12-5-3-1-2-4-6-12/h7-9,12H,1-6,10-11,15H2. The zero-order chi connectivity index (χ0) is 11.9. The van der Waals surface area contributed by atoms with Crippen LogP contribution in [0.2, 0.25) is 0 Å². The van der Waals surface area contributed by atoms with E-state index in [1.165, 1.54) is 38.5 Å². The van der Waals surface area contributed by atoms with Gasteiger partial charge in [-0.1, -0.05) is 25.7 Å². The van der Waals surface area contributed by atoms with Gasteiger partial charge in [0.15, 0.2) is 0 Å². The van der Waals surface area contributed by atoms with E-state index in [2.05, 4.69) is 4.98 Å². The molecule has 1 aliphatic carbocycles. The van der Waals surface area contributed by atoms with Gasteiger partial charge in [0.2, 0.25) is 0 Å². The third-order valence-corrected chi connectivity index (χ3v) is 3.46. The van der Waals surface area contributed by atoms with E-state index in [1.807, 2.05) is 12.1 Å². The van der Waals surface area contributed by atoms with Gasteiger partial charge in [-0.05, 0) is 24.8 Å². The second kappa shape index (κ2) is 6.60. The first-order valence-corrected chi connectivity index (χ1v) is 6.66. The van der Waals surface area contributed by atoms with Gasteiger partial charge >= 0.3 is 0 Å². The number of rotatable bonds is 4. The molecule has 0 amide bonds. The van der Waals surface area contributed by atoms with Gasteiger partial charge in [0.05, 0.1) is 12.3 Å². The predicted octanol–water partition coefficient (Wildman–Crippen LogP) is 2.89. The number of hydrogen-bond donors (Lipinski definition) is 1. The summed E-state index contributed by atoms with van der Waals surface area (Å²) in [4.78, 5) is 4.16. The van der Waals surface area contributed by atoms with Crippen LogP contribution < -0.4 is 10.5 Å². The average molecular weight is 234 g/mol. The molecule has 2 N–H and O–H groups in total. The van der Waals surface area contributed by atoms with Gasteiger partial charge in [0, 0.05) is 18.8 Å². The van der Waals surface area contributed by atoms with Crippen LogP contribution in [0.1, 0.15) is 44.2 Å². The molecule has 0 spiro atoms. The molecule has 1 aromatic heterocycles. The normalized spacial score (nSPS) is 17.7. The predicted molar refractivity (Wildman–Crippen MR) is 68.8 cm³/mol. The summed E-state index contributed by atoms with van der Waals surface area (Å²) >= 11 is 0. The lowest BCUT2D eigenvalue weighted by atomic mass is 10.0. The average Bonchev–Trinajstić information content (AvgIpc) is 2.65. The SMILES string of the molecule is NCc1cc(OCC2CCCCCC2)ccn1. The molecular weight excluding hydrogens is 212 g/mol. The molecule has 3 nitrogen and oxygen atoms in total. The first-order valence-electron chi connectivity index (χ1n) is 6.66. The minimum absolute atomic E-state index is 0.473. The van der Waals surface area contributed by atoms with E-state index in [9.17, 15) is 0 Å². The Morgan fingerprint density at radius 1 is 1.24 bits per heavy atom. The topological polar surface area (TPSA) is 48.1 Å². The first-order chi connectivity index (χ1) is 8.38. The molecule has 17 heavy (non-hydrogen) atoms. The van der Waals surface area contributed by atoms with Crippen molar-refractivity contribution < 1.29 is 4.74 Å². The van der Waals surface area contributed by atoms with Crippen molar-refractivity contribution >= 4 is 0 Å². The first kappa shape index (κ1) is 12.4. The summed E-state index contributed by atoms with van der Waals surface area (Å²) in [5, 5.41) is 0. The van der Waals surface area contributed by atoms with Crippen LogP contribution in [0.4, 0.5) is 0 Å². The fourth-order valence-corrected chi connectivity index (χ4v) is 2.40. The summed E-state index contributed by atoms with van der Waals surface area (Å²) in [5.74, 6) is 1.64. The lowest BCUT2D eigenvalue weighted by molar-refractivity contribution is 0.233. The third kappa shape index (κ3) is 4.00. The Hall–Kier alpha value is -1.09. The van der Waals surface area contributed by atoms with Crippen molar-refractivity contribution in [3.63, 3.8) is 0 Å². The third-order valence-electron chi connectivity index (χ3n) is 3.46. The second-order valence-corrected chi connectivity index (χ2v) is 4.86. The molecule has 2 rings (SSSR count). The summed E-state index contributed by atoms with van der Waals surface area (Å²) in [7, 11) is 0. The molecule has 0 radical (unpaired) electrons. The Morgan fingerprint density at radius 3 is 2.71 bits per heavy atom. The van der Waals surface area contributed by atoms with Crippen LogP contribution in [0.15, 0.2) is 18.3 Å². The number of nitrogens with zero attached hydrogens (tertiary/aromatic N) is 1. The van der Waals surface area contributed by atoms with E-state index in [0.29, 0.717) is 6.54 Å². The minimum Gasteiger partial charge on any atom is -0.493 e. The molecule has 1 fully saturated rings. The molecule has 0 aromatic carbocycles. The van der Waals surface area contributed by atoms with Crippen LogP contribution in [0.5, 0.6) is 5.75 Å². The van der Waals surface area contributed by atoms with Crippen molar-refractivity contribution in [3.05, 3.63) is 24.0 Å². The molecule has 0 unspecified atom stereocenters. The maximum atomic E-state index is 5.85. The molecule has 0 bridgehead atoms. The van der Waals surface area contributed by atoms with Crippen LogP contribution in [-0.4, -0.2) is 11.6 Å². The maximum absolute atomic E-state index is 5.85. The summed E-state index contributed by atoms with van der Waals surface area (Å²) in [5.41, 5.74) is 6.45. The maximum Gasteiger partial charge on any atom is 0.122 e. The van der Waals surface area contributed by atoms with Crippen LogP contribution in [0.25, 0.3) is 0 Å². The van der Waals surface area contributed by atoms with Crippen LogP contribution in [-0.2, 0) is 6.54 Å². The zero-order valence-electron chi connectivity index (χ0n) is 10.4. The van der Waals surface area contributed by atoms with E-state index in [1.54, 1.807) is 6.20 Å². The smallest absolute Gasteiger partial charge is 0.122 e. The van der Waals surface area contributed by atoms with Crippen molar-refractivity contribution in [3.8, 4) is 5.75 Å². The quantitative estimate of drug-likeness (QED) is 0.815. The number of hydrogen-bond acceptors (Lipinski definition) is 3. The molecule has 0 atom stereocenters. The number of ether oxygens (including phenoxy) is 1. The molecule has 1 aromatic rings. The van der Waals surface area contributed by atoms with E-state index < -0.39 is 0 Å². The van der Waals surface area contributed by atoms with E-state index in [-0.39, 0.29) is 0 Å². The summed E-state index contributed by atoms with van der Waals surface area (Å²) in [6.45, 7) is 1.31. The van der Waals surface area contributed by atoms with E-state index >= 15 is 0 Å². The van der Waals surface area contributed by atoms with Gasteiger partial charge in [-0.25, -0.2) is 0 Å². The van der Waals surface area contributed by atoms with Crippen molar-refractivity contribution in [1.82, 2.24) is 4.98 Å². The highest BCUT2D eigenvalue weighted by Gasteiger charge is 2.12. The van der Waals surface area contributed by atoms with Gasteiger partial charge in [-0.3, -0.25) is 4.98 Å². The van der Waals surface area contributed by atoms with Crippen LogP contribution in [0.3, 0.4) is 0 Å². The van der Waals surface area contributed by atoms with E-state index in [0.717, 1.165) is 24.0 Å². The number of pyridine rings is 1. The van der Waals surface area contributed by atoms with Crippen molar-refractivity contribution in [2.75, 3.05) is 6.61 Å². The number of nitrogens with two attached hydrogens (primary N) is 1. The molecule has 1 aliphatic rings. The van der Waals surface area contributed by atoms with Crippen molar-refractivity contribution in [1.29, 1.82) is 0 Å². The molecule has 3 heteroatoms. The zero-order valence-corrected chi connectivity index (χ0v) is 10.4. The molecule has 94 valence electrons. The van der Waals surface area contributed by atoms with Crippen molar-refractivity contribution in [2.24, 2.45) is 11.7 Å². The van der Waals surface area contributed by atoms with Gasteiger partial charge in [-0.15, -0.1) is 0 Å². The highest BCUT2D eigenvalue weighted by molar-refractivity contribution is 5.22. The Labute approximate surface area is 103 Å². The molecular formula is C14H22N2O. The Kier molecular flexibility index (Phi) is 4.80. The second-order valence-electron chi connectivity index (χ2n) is 4.86. The van der Waals surface area contributed by atoms with Crippen LogP contribution >= 0.6 is 0 Å². The fourth-order valence-electron chi connectivity index (χ4n) is 2.40. The van der Waals surface area contributed by atoms with Crippen LogP contribution in [0, 0.1) is 5.92 Å². The lowest BCUT2D eigenvalue weighted by Gasteiger charge is -2.15. The minimum atomic E-state index is 0.473. The molecule has 1 saturated carbocycles. The highest BCUT2D eigenvalue weighted by atomic mass is 16.5. The molecule has 0 aliphatic heterocycles. The molecule has 0 saturated heterocycles. The monoisotopic (exact) mass is 234 g/mol. The Bertz CT molecular complexity index is 333. The van der Waals surface area contributed by atoms with Crippen molar-refractivity contribution in [2.45, 2.75) is 45.1 Å². The highest BCUT2D eigenvalue weighted by Crippen LogP contribution is 2.23. The van der Waals surface area contributed by atoms with Gasteiger partial charge in [0.25, 0.3) is 0 Å². The van der Waals surface area contributed by atoms with Gasteiger partial charge in [0.1, 0.15) is 5.75 Å². The number of aromatic nitrogens is 1. The molecule has 1 heterocycles. The Morgan fingerprint density at radius 2 is 2.00 bits per heavy atom. The Balaban J connectivity index is 1.83. The van der Waals surface area contributed by atoms with Gasteiger partial charge < -0.3 is 10.5 Å². The summed E-state index contributed by atoms with van der Waals surface area (Å²) in [6, 6.07) is 3.85. The summed E-state index contributed by atoms with van der Waals surface area (Å²) in [6.07, 6.45) is 9.90. The largest absolute Gasteiger partial charge is 0.493 e. The lowest BCUT2D eigenvalue weighted by Crippen LogP contribution is -2.11. The van der Waals surface area contributed by atoms with Gasteiger partial charge in [-0.2, -0.15) is 0 Å². The fraction of sp³-hybridized carbons (Fsp3) is 0.643. The van der Waals surface area contributed by atoms with E-state index in [4.69, 9.17) is 10.5 Å². The summed E-state index contributed by atoms with van der Waals surface area (Å²) < 4.78 is 5.85.